The Bertz CT molecular complexity index is 1390. The monoisotopic (exact) mass is 517 g/mol. The molecule has 0 aromatic carbocycles. The van der Waals surface area contributed by atoms with E-state index in [4.69, 9.17) is 15.0 Å². The van der Waals surface area contributed by atoms with Gasteiger partial charge in [0.2, 0.25) is 17.7 Å². The second-order valence-electron chi connectivity index (χ2n) is 9.91. The van der Waals surface area contributed by atoms with Crippen LogP contribution in [0, 0.1) is 5.92 Å². The van der Waals surface area contributed by atoms with Crippen molar-refractivity contribution >= 4 is 11.9 Å². The molecule has 12 heteroatoms. The van der Waals surface area contributed by atoms with Gasteiger partial charge in [-0.1, -0.05) is 19.0 Å². The van der Waals surface area contributed by atoms with Crippen molar-refractivity contribution in [2.75, 3.05) is 25.9 Å². The van der Waals surface area contributed by atoms with Gasteiger partial charge in [-0.25, -0.2) is 9.97 Å². The summed E-state index contributed by atoms with van der Waals surface area (Å²) in [5, 5.41) is 8.52. The van der Waals surface area contributed by atoms with Crippen LogP contribution in [0.1, 0.15) is 32.3 Å². The Kier molecular flexibility index (Phi) is 7.40. The molecule has 1 aliphatic heterocycles. The molecule has 1 aliphatic rings. The molecule has 38 heavy (non-hydrogen) atoms. The van der Waals surface area contributed by atoms with E-state index >= 15 is 0 Å². The Hall–Kier alpha value is -4.19. The predicted octanol–water partition coefficient (Wildman–Crippen LogP) is 2.87. The standard InChI is InChI=1S/C26H31N9O3/c1-16(2)7-17-8-22(18-9-29-26(27)30-10-18)28-12-21(17)24-32-25(38-33-24)19-11-31-35(13-19)15-23(36)34(3)14-20-5-4-6-37-20/h8-13,16,20H,4-7,14-15H2,1-3H3,(H2,27,29,30). The SMILES string of the molecule is CC(C)Cc1cc(-c2cnc(N)nc2)ncc1-c1noc(-c2cnn(CC(=O)N(C)CC3CCCO3)c2)n1. The van der Waals surface area contributed by atoms with Crippen molar-refractivity contribution in [2.45, 2.75) is 45.8 Å². The molecular weight excluding hydrogens is 486 g/mol. The molecule has 12 nitrogen and oxygen atoms in total. The van der Waals surface area contributed by atoms with Crippen LogP contribution in [0.3, 0.4) is 0 Å². The van der Waals surface area contributed by atoms with Crippen molar-refractivity contribution in [3.05, 3.63) is 42.6 Å². The summed E-state index contributed by atoms with van der Waals surface area (Å²) in [5.41, 5.74) is 9.58. The number of hydrogen-bond donors (Lipinski definition) is 1. The summed E-state index contributed by atoms with van der Waals surface area (Å²) in [4.78, 5) is 31.7. The van der Waals surface area contributed by atoms with E-state index < -0.39 is 0 Å². The zero-order chi connectivity index (χ0) is 26.6. The summed E-state index contributed by atoms with van der Waals surface area (Å²) in [6.45, 7) is 5.75. The highest BCUT2D eigenvalue weighted by Crippen LogP contribution is 2.29. The summed E-state index contributed by atoms with van der Waals surface area (Å²) in [5.74, 6) is 1.32. The van der Waals surface area contributed by atoms with E-state index in [1.807, 2.05) is 6.07 Å². The molecular formula is C26H31N9O3. The van der Waals surface area contributed by atoms with E-state index in [0.29, 0.717) is 29.7 Å². The van der Waals surface area contributed by atoms with Crippen LogP contribution in [0.5, 0.6) is 0 Å². The third-order valence-corrected chi connectivity index (χ3v) is 6.36. The highest BCUT2D eigenvalue weighted by molar-refractivity contribution is 5.75. The molecule has 1 saturated heterocycles. The number of nitrogens with two attached hydrogens (primary N) is 1. The highest BCUT2D eigenvalue weighted by Gasteiger charge is 2.21. The van der Waals surface area contributed by atoms with Gasteiger partial charge >= 0.3 is 0 Å². The van der Waals surface area contributed by atoms with Gasteiger partial charge < -0.3 is 19.9 Å². The van der Waals surface area contributed by atoms with Crippen LogP contribution in [-0.4, -0.2) is 72.0 Å². The Morgan fingerprint density at radius 3 is 2.74 bits per heavy atom. The summed E-state index contributed by atoms with van der Waals surface area (Å²) in [6.07, 6.45) is 11.3. The Morgan fingerprint density at radius 1 is 1.18 bits per heavy atom. The fraction of sp³-hybridized carbons (Fsp3) is 0.423. The lowest BCUT2D eigenvalue weighted by molar-refractivity contribution is -0.132. The van der Waals surface area contributed by atoms with Crippen LogP contribution >= 0.6 is 0 Å². The third-order valence-electron chi connectivity index (χ3n) is 6.36. The van der Waals surface area contributed by atoms with Crippen molar-refractivity contribution in [3.63, 3.8) is 0 Å². The van der Waals surface area contributed by atoms with Crippen molar-refractivity contribution in [2.24, 2.45) is 5.92 Å². The fourth-order valence-electron chi connectivity index (χ4n) is 4.40. The average Bonchev–Trinajstić information content (AvgIpc) is 3.66. The molecule has 5 rings (SSSR count). The van der Waals surface area contributed by atoms with Crippen LogP contribution in [0.15, 0.2) is 41.6 Å². The smallest absolute Gasteiger partial charge is 0.261 e. The zero-order valence-corrected chi connectivity index (χ0v) is 21.7. The number of nitrogens with zero attached hydrogens (tertiary/aromatic N) is 8. The van der Waals surface area contributed by atoms with Gasteiger partial charge in [-0.2, -0.15) is 10.1 Å². The highest BCUT2D eigenvalue weighted by atomic mass is 16.5. The normalized spacial score (nSPS) is 15.3. The summed E-state index contributed by atoms with van der Waals surface area (Å²) in [6, 6.07) is 2.00. The molecule has 0 aliphatic carbocycles. The maximum absolute atomic E-state index is 12.6. The summed E-state index contributed by atoms with van der Waals surface area (Å²) < 4.78 is 12.8. The molecule has 0 spiro atoms. The number of nitrogen functional groups attached to an aromatic ring is 1. The van der Waals surface area contributed by atoms with Crippen LogP contribution in [-0.2, 0) is 22.5 Å². The maximum Gasteiger partial charge on any atom is 0.261 e. The quantitative estimate of drug-likeness (QED) is 0.351. The molecule has 4 aromatic rings. The average molecular weight is 518 g/mol. The Morgan fingerprint density at radius 2 is 2.00 bits per heavy atom. The number of amides is 1. The third kappa shape index (κ3) is 5.86. The molecule has 0 radical (unpaired) electrons. The minimum absolute atomic E-state index is 0.0441. The number of pyridine rings is 1. The van der Waals surface area contributed by atoms with Gasteiger partial charge in [-0.05, 0) is 36.8 Å². The topological polar surface area (TPSA) is 151 Å². The molecule has 1 fully saturated rings. The van der Waals surface area contributed by atoms with Crippen LogP contribution < -0.4 is 5.73 Å². The number of hydrogen-bond acceptors (Lipinski definition) is 10. The second-order valence-corrected chi connectivity index (χ2v) is 9.91. The molecule has 2 N–H and O–H groups in total. The van der Waals surface area contributed by atoms with Crippen molar-refractivity contribution in [1.29, 1.82) is 0 Å². The van der Waals surface area contributed by atoms with Gasteiger partial charge in [0.25, 0.3) is 5.89 Å². The maximum atomic E-state index is 12.6. The van der Waals surface area contributed by atoms with Gasteiger partial charge in [-0.3, -0.25) is 14.5 Å². The Labute approximate surface area is 220 Å². The number of carbonyl (C=O) groups excluding carboxylic acids is 1. The van der Waals surface area contributed by atoms with Gasteiger partial charge in [-0.15, -0.1) is 0 Å². The van der Waals surface area contributed by atoms with E-state index in [9.17, 15) is 4.79 Å². The lowest BCUT2D eigenvalue weighted by Crippen LogP contribution is -2.36. The number of anilines is 1. The molecule has 198 valence electrons. The van der Waals surface area contributed by atoms with Crippen molar-refractivity contribution in [1.82, 2.24) is 39.8 Å². The van der Waals surface area contributed by atoms with Crippen molar-refractivity contribution < 1.29 is 14.1 Å². The number of aromatic nitrogens is 7. The Balaban J connectivity index is 1.32. The van der Waals surface area contributed by atoms with Crippen LogP contribution in [0.25, 0.3) is 34.1 Å². The first-order chi connectivity index (χ1) is 18.4. The number of ether oxygens (including phenoxy) is 1. The molecule has 1 unspecified atom stereocenters. The minimum atomic E-state index is -0.0441. The molecule has 1 atom stereocenters. The molecule has 5 heterocycles. The summed E-state index contributed by atoms with van der Waals surface area (Å²) >= 11 is 0. The number of rotatable bonds is 9. The molecule has 0 saturated carbocycles. The first-order valence-electron chi connectivity index (χ1n) is 12.6. The van der Waals surface area contributed by atoms with E-state index in [0.717, 1.165) is 48.3 Å². The van der Waals surface area contributed by atoms with Crippen LogP contribution in [0.4, 0.5) is 5.95 Å². The second kappa shape index (κ2) is 11.1. The van der Waals surface area contributed by atoms with E-state index in [1.54, 1.807) is 47.6 Å². The summed E-state index contributed by atoms with van der Waals surface area (Å²) in [7, 11) is 1.78. The van der Waals surface area contributed by atoms with E-state index in [-0.39, 0.29) is 24.5 Å². The van der Waals surface area contributed by atoms with E-state index in [2.05, 4.69) is 44.0 Å². The first kappa shape index (κ1) is 25.5. The first-order valence-corrected chi connectivity index (χ1v) is 12.6. The van der Waals surface area contributed by atoms with Crippen LogP contribution in [0.2, 0.25) is 0 Å². The predicted molar refractivity (Wildman–Crippen MR) is 139 cm³/mol. The lowest BCUT2D eigenvalue weighted by atomic mass is 9.97. The zero-order valence-electron chi connectivity index (χ0n) is 21.7. The van der Waals surface area contributed by atoms with Gasteiger partial charge in [0.1, 0.15) is 6.54 Å². The number of carbonyl (C=O) groups is 1. The van der Waals surface area contributed by atoms with Crippen molar-refractivity contribution in [3.8, 4) is 34.1 Å². The molecule has 1 amide bonds. The van der Waals surface area contributed by atoms with Gasteiger partial charge in [0, 0.05) is 56.1 Å². The largest absolute Gasteiger partial charge is 0.376 e. The fourth-order valence-corrected chi connectivity index (χ4v) is 4.40. The van der Waals surface area contributed by atoms with E-state index in [1.165, 1.54) is 0 Å². The van der Waals surface area contributed by atoms with Gasteiger partial charge in [0.05, 0.1) is 23.6 Å². The minimum Gasteiger partial charge on any atom is -0.376 e. The van der Waals surface area contributed by atoms with Gasteiger partial charge in [0.15, 0.2) is 0 Å². The molecule has 0 bridgehead atoms. The number of likely N-dealkylation sites (N-methyl/N-ethyl adjacent to an activating group) is 1. The lowest BCUT2D eigenvalue weighted by Gasteiger charge is -2.20. The molecule has 4 aromatic heterocycles.